The molecule has 1 aromatic rings. The molecular weight excluding hydrogens is 260 g/mol. The van der Waals surface area contributed by atoms with Gasteiger partial charge in [0.15, 0.2) is 0 Å². The van der Waals surface area contributed by atoms with Crippen molar-refractivity contribution in [3.63, 3.8) is 0 Å². The molecule has 0 aliphatic carbocycles. The summed E-state index contributed by atoms with van der Waals surface area (Å²) in [7, 11) is 2.06. The Kier molecular flexibility index (Phi) is 4.62. The Morgan fingerprint density at radius 2 is 2.21 bits per heavy atom. The highest BCUT2D eigenvalue weighted by Gasteiger charge is 2.04. The van der Waals surface area contributed by atoms with Crippen LogP contribution in [0, 0.1) is 0 Å². The summed E-state index contributed by atoms with van der Waals surface area (Å²) < 4.78 is 1.07. The number of anilines is 2. The van der Waals surface area contributed by atoms with Gasteiger partial charge >= 0.3 is 0 Å². The normalized spacial score (nSPS) is 10.2. The number of rotatable bonds is 4. The van der Waals surface area contributed by atoms with Gasteiger partial charge in [-0.25, -0.2) is 0 Å². The van der Waals surface area contributed by atoms with Crippen LogP contribution in [0.15, 0.2) is 22.7 Å². The lowest BCUT2D eigenvalue weighted by Crippen LogP contribution is -2.21. The average Bonchev–Trinajstić information content (AvgIpc) is 2.18. The Morgan fingerprint density at radius 1 is 1.50 bits per heavy atom. The Balaban J connectivity index is 2.77. The van der Waals surface area contributed by atoms with Crippen molar-refractivity contribution in [3.05, 3.63) is 22.7 Å². The molecule has 0 aliphatic rings. The van der Waals surface area contributed by atoms with Gasteiger partial charge in [0.2, 0.25) is 0 Å². The van der Waals surface area contributed by atoms with Crippen LogP contribution >= 0.6 is 27.7 Å². The molecule has 1 rings (SSSR count). The first-order valence-corrected chi connectivity index (χ1v) is 6.59. The molecule has 2 N–H and O–H groups in total. The zero-order chi connectivity index (χ0) is 10.6. The molecule has 14 heavy (non-hydrogen) atoms. The van der Waals surface area contributed by atoms with Crippen LogP contribution in [0.3, 0.4) is 0 Å². The molecule has 0 aliphatic heterocycles. The maximum Gasteiger partial charge on any atom is 0.0608 e. The van der Waals surface area contributed by atoms with E-state index >= 15 is 0 Å². The van der Waals surface area contributed by atoms with E-state index in [2.05, 4.69) is 40.2 Å². The first kappa shape index (κ1) is 11.7. The number of nitrogen functional groups attached to an aromatic ring is 1. The van der Waals surface area contributed by atoms with Crippen molar-refractivity contribution in [1.29, 1.82) is 0 Å². The van der Waals surface area contributed by atoms with Gasteiger partial charge in [-0.05, 0) is 24.5 Å². The van der Waals surface area contributed by atoms with Crippen molar-refractivity contribution < 1.29 is 0 Å². The van der Waals surface area contributed by atoms with E-state index in [1.165, 1.54) is 0 Å². The van der Waals surface area contributed by atoms with E-state index in [1.54, 1.807) is 0 Å². The van der Waals surface area contributed by atoms with Gasteiger partial charge in [0.25, 0.3) is 0 Å². The van der Waals surface area contributed by atoms with Gasteiger partial charge in [0.05, 0.1) is 11.4 Å². The number of nitrogens with two attached hydrogens (primary N) is 1. The summed E-state index contributed by atoms with van der Waals surface area (Å²) in [6.45, 7) is 1.02. The third kappa shape index (κ3) is 3.10. The van der Waals surface area contributed by atoms with Crippen molar-refractivity contribution in [2.45, 2.75) is 0 Å². The molecule has 0 heterocycles. The highest BCUT2D eigenvalue weighted by Crippen LogP contribution is 2.26. The number of hydrogen-bond donors (Lipinski definition) is 1. The van der Waals surface area contributed by atoms with Crippen LogP contribution in [0.2, 0.25) is 0 Å². The summed E-state index contributed by atoms with van der Waals surface area (Å²) in [5, 5.41) is 0. The van der Waals surface area contributed by atoms with Gasteiger partial charge in [-0.1, -0.05) is 15.9 Å². The molecule has 4 heteroatoms. The maximum absolute atomic E-state index is 5.89. The second-order valence-electron chi connectivity index (χ2n) is 3.12. The molecular formula is C10H15BrN2S. The summed E-state index contributed by atoms with van der Waals surface area (Å²) in [5.74, 6) is 1.11. The molecule has 1 aromatic carbocycles. The first-order valence-electron chi connectivity index (χ1n) is 4.40. The highest BCUT2D eigenvalue weighted by molar-refractivity contribution is 9.10. The van der Waals surface area contributed by atoms with E-state index in [1.807, 2.05) is 23.9 Å². The number of hydrogen-bond acceptors (Lipinski definition) is 3. The van der Waals surface area contributed by atoms with E-state index in [0.717, 1.165) is 28.1 Å². The Labute approximate surface area is 98.0 Å². The molecule has 0 aromatic heterocycles. The quantitative estimate of drug-likeness (QED) is 0.857. The van der Waals surface area contributed by atoms with Crippen molar-refractivity contribution in [2.24, 2.45) is 0 Å². The molecule has 0 saturated carbocycles. The fourth-order valence-corrected chi connectivity index (χ4v) is 2.00. The minimum absolute atomic E-state index is 0.830. The van der Waals surface area contributed by atoms with Crippen LogP contribution in [0.4, 0.5) is 11.4 Å². The fourth-order valence-electron chi connectivity index (χ4n) is 1.20. The van der Waals surface area contributed by atoms with Gasteiger partial charge < -0.3 is 10.6 Å². The van der Waals surface area contributed by atoms with Crippen LogP contribution < -0.4 is 10.6 Å². The minimum Gasteiger partial charge on any atom is -0.397 e. The van der Waals surface area contributed by atoms with Crippen molar-refractivity contribution >= 4 is 39.1 Å². The zero-order valence-electron chi connectivity index (χ0n) is 8.46. The van der Waals surface area contributed by atoms with E-state index < -0.39 is 0 Å². The lowest BCUT2D eigenvalue weighted by atomic mass is 10.2. The molecule has 0 amide bonds. The Morgan fingerprint density at radius 3 is 2.86 bits per heavy atom. The molecule has 0 atom stereocenters. The van der Waals surface area contributed by atoms with Gasteiger partial charge in [-0.2, -0.15) is 11.8 Å². The third-order valence-corrected chi connectivity index (χ3v) is 3.12. The molecule has 78 valence electrons. The number of thioether (sulfide) groups is 1. The van der Waals surface area contributed by atoms with Crippen molar-refractivity contribution in [2.75, 3.05) is 36.2 Å². The number of benzene rings is 1. The zero-order valence-corrected chi connectivity index (χ0v) is 10.9. The van der Waals surface area contributed by atoms with E-state index in [9.17, 15) is 0 Å². The van der Waals surface area contributed by atoms with Crippen LogP contribution in [0.25, 0.3) is 0 Å². The van der Waals surface area contributed by atoms with E-state index in [-0.39, 0.29) is 0 Å². The van der Waals surface area contributed by atoms with E-state index in [0.29, 0.717) is 0 Å². The van der Waals surface area contributed by atoms with Crippen molar-refractivity contribution in [3.8, 4) is 0 Å². The van der Waals surface area contributed by atoms with Gasteiger partial charge in [-0.3, -0.25) is 0 Å². The van der Waals surface area contributed by atoms with Crippen LogP contribution in [-0.4, -0.2) is 25.6 Å². The van der Waals surface area contributed by atoms with Crippen LogP contribution in [0.1, 0.15) is 0 Å². The number of nitrogens with zero attached hydrogens (tertiary/aromatic N) is 1. The molecule has 0 fully saturated rings. The average molecular weight is 275 g/mol. The molecule has 0 bridgehead atoms. The van der Waals surface area contributed by atoms with Crippen LogP contribution in [0.5, 0.6) is 0 Å². The molecule has 0 saturated heterocycles. The Hall–Kier alpha value is -0.350. The molecule has 0 radical (unpaired) electrons. The second-order valence-corrected chi connectivity index (χ2v) is 5.02. The summed E-state index contributed by atoms with van der Waals surface area (Å²) >= 11 is 5.29. The predicted octanol–water partition coefficient (Wildman–Crippen LogP) is 2.83. The first-order chi connectivity index (χ1) is 6.65. The van der Waals surface area contributed by atoms with Gasteiger partial charge in [-0.15, -0.1) is 0 Å². The third-order valence-electron chi connectivity index (χ3n) is 2.03. The largest absolute Gasteiger partial charge is 0.397 e. The molecule has 0 unspecified atom stereocenters. The summed E-state index contributed by atoms with van der Waals surface area (Å²) in [6.07, 6.45) is 2.11. The molecule has 2 nitrogen and oxygen atoms in total. The standard InChI is InChI=1S/C10H15BrN2S/c1-13(5-6-14-2)10-7-8(11)3-4-9(10)12/h3-4,7H,5-6,12H2,1-2H3. The monoisotopic (exact) mass is 274 g/mol. The van der Waals surface area contributed by atoms with Crippen molar-refractivity contribution in [1.82, 2.24) is 0 Å². The topological polar surface area (TPSA) is 29.3 Å². The Bertz CT molecular complexity index is 304. The SMILES string of the molecule is CSCCN(C)c1cc(Br)ccc1N. The predicted molar refractivity (Wildman–Crippen MR) is 70.2 cm³/mol. The van der Waals surface area contributed by atoms with Gasteiger partial charge in [0.1, 0.15) is 0 Å². The number of halogens is 1. The maximum atomic E-state index is 5.89. The molecule has 0 spiro atoms. The summed E-state index contributed by atoms with van der Waals surface area (Å²) in [5.41, 5.74) is 7.81. The fraction of sp³-hybridized carbons (Fsp3) is 0.400. The van der Waals surface area contributed by atoms with Gasteiger partial charge in [0, 0.05) is 23.8 Å². The minimum atomic E-state index is 0.830. The van der Waals surface area contributed by atoms with E-state index in [4.69, 9.17) is 5.73 Å². The highest BCUT2D eigenvalue weighted by atomic mass is 79.9. The van der Waals surface area contributed by atoms with Crippen LogP contribution in [-0.2, 0) is 0 Å². The summed E-state index contributed by atoms with van der Waals surface area (Å²) in [4.78, 5) is 2.18. The lowest BCUT2D eigenvalue weighted by Gasteiger charge is -2.20. The smallest absolute Gasteiger partial charge is 0.0608 e. The summed E-state index contributed by atoms with van der Waals surface area (Å²) in [6, 6.07) is 5.94. The lowest BCUT2D eigenvalue weighted by molar-refractivity contribution is 0.979. The second kappa shape index (κ2) is 5.51.